The Kier molecular flexibility index (Phi) is 10.9. The number of aliphatic hydroxyl groups is 2. The third-order valence-corrected chi connectivity index (χ3v) is 6.78. The van der Waals surface area contributed by atoms with Gasteiger partial charge in [-0.2, -0.15) is 0 Å². The summed E-state index contributed by atoms with van der Waals surface area (Å²) in [6.07, 6.45) is 14.7. The normalized spacial score (nSPS) is 28.9. The molecule has 1 fully saturated rings. The standard InChI is InChI=1S/C25H46N2O2/c1-5-6-8-19(2)15-22(28)9-10-23-24-17-20(16-21(24)18-25(23)29)11-13-26-12-7-14-27(3)4/h9-10,16,19,21-26,28-29H,5-8,11-15,17-18H2,1-4H3/t19-,21-,22+,23+,24-,25+/m0/s1. The molecule has 4 heteroatoms. The molecule has 168 valence electrons. The lowest BCUT2D eigenvalue weighted by Crippen LogP contribution is -2.22. The highest BCUT2D eigenvalue weighted by Crippen LogP contribution is 2.47. The Hall–Kier alpha value is -0.680. The highest BCUT2D eigenvalue weighted by molar-refractivity contribution is 5.21. The molecule has 3 N–H and O–H groups in total. The van der Waals surface area contributed by atoms with Gasteiger partial charge in [-0.05, 0) is 83.6 Å². The Labute approximate surface area is 179 Å². The molecule has 0 aliphatic heterocycles. The van der Waals surface area contributed by atoms with Crippen molar-refractivity contribution >= 4 is 0 Å². The summed E-state index contributed by atoms with van der Waals surface area (Å²) >= 11 is 0. The van der Waals surface area contributed by atoms with Gasteiger partial charge < -0.3 is 20.4 Å². The van der Waals surface area contributed by atoms with Crippen LogP contribution in [0, 0.1) is 23.7 Å². The summed E-state index contributed by atoms with van der Waals surface area (Å²) < 4.78 is 0. The lowest BCUT2D eigenvalue weighted by atomic mass is 9.88. The van der Waals surface area contributed by atoms with Crippen LogP contribution in [0.1, 0.15) is 65.2 Å². The predicted octanol–water partition coefficient (Wildman–Crippen LogP) is 3.99. The van der Waals surface area contributed by atoms with E-state index in [0.29, 0.717) is 17.8 Å². The topological polar surface area (TPSA) is 55.7 Å². The van der Waals surface area contributed by atoms with Crippen molar-refractivity contribution in [3.63, 3.8) is 0 Å². The van der Waals surface area contributed by atoms with Gasteiger partial charge in [0, 0.05) is 5.92 Å². The maximum absolute atomic E-state index is 10.5. The van der Waals surface area contributed by atoms with Gasteiger partial charge in [-0.3, -0.25) is 0 Å². The first-order valence-electron chi connectivity index (χ1n) is 12.0. The Morgan fingerprint density at radius 3 is 2.79 bits per heavy atom. The first kappa shape index (κ1) is 24.6. The molecule has 0 aromatic rings. The van der Waals surface area contributed by atoms with E-state index in [2.05, 4.69) is 50.3 Å². The van der Waals surface area contributed by atoms with Gasteiger partial charge in [-0.1, -0.05) is 56.9 Å². The molecule has 0 spiro atoms. The van der Waals surface area contributed by atoms with Crippen LogP contribution in [0.25, 0.3) is 0 Å². The minimum atomic E-state index is -0.381. The van der Waals surface area contributed by atoms with Gasteiger partial charge in [0.2, 0.25) is 0 Å². The highest BCUT2D eigenvalue weighted by Gasteiger charge is 2.43. The Bertz CT molecular complexity index is 517. The minimum Gasteiger partial charge on any atom is -0.392 e. The van der Waals surface area contributed by atoms with E-state index in [4.69, 9.17) is 0 Å². The van der Waals surface area contributed by atoms with Crippen LogP contribution >= 0.6 is 0 Å². The van der Waals surface area contributed by atoms with E-state index in [-0.39, 0.29) is 18.1 Å². The zero-order valence-corrected chi connectivity index (χ0v) is 19.3. The summed E-state index contributed by atoms with van der Waals surface area (Å²) in [6.45, 7) is 7.71. The van der Waals surface area contributed by atoms with Gasteiger partial charge in [-0.25, -0.2) is 0 Å². The Morgan fingerprint density at radius 1 is 1.28 bits per heavy atom. The molecule has 1 saturated carbocycles. The number of nitrogens with zero attached hydrogens (tertiary/aromatic N) is 1. The maximum atomic E-state index is 10.5. The van der Waals surface area contributed by atoms with Crippen molar-refractivity contribution < 1.29 is 10.2 Å². The molecule has 29 heavy (non-hydrogen) atoms. The maximum Gasteiger partial charge on any atom is 0.0723 e. The second-order valence-corrected chi connectivity index (χ2v) is 9.83. The summed E-state index contributed by atoms with van der Waals surface area (Å²) in [4.78, 5) is 2.23. The molecular weight excluding hydrogens is 360 g/mol. The number of hydrogen-bond acceptors (Lipinski definition) is 4. The summed E-state index contributed by atoms with van der Waals surface area (Å²) in [5, 5.41) is 24.5. The number of nitrogens with one attached hydrogen (secondary N) is 1. The number of fused-ring (bicyclic) bond motifs is 1. The van der Waals surface area contributed by atoms with Crippen molar-refractivity contribution in [2.45, 2.75) is 77.4 Å². The molecule has 6 atom stereocenters. The predicted molar refractivity (Wildman–Crippen MR) is 123 cm³/mol. The van der Waals surface area contributed by atoms with E-state index in [1.165, 1.54) is 25.7 Å². The van der Waals surface area contributed by atoms with E-state index >= 15 is 0 Å². The summed E-state index contributed by atoms with van der Waals surface area (Å²) in [6, 6.07) is 0. The lowest BCUT2D eigenvalue weighted by molar-refractivity contribution is 0.139. The van der Waals surface area contributed by atoms with Crippen molar-refractivity contribution in [1.29, 1.82) is 0 Å². The minimum absolute atomic E-state index is 0.197. The van der Waals surface area contributed by atoms with Gasteiger partial charge in [0.05, 0.1) is 12.2 Å². The quantitative estimate of drug-likeness (QED) is 0.301. The van der Waals surface area contributed by atoms with Gasteiger partial charge in [0.1, 0.15) is 0 Å². The number of unbranched alkanes of at least 4 members (excludes halogenated alkanes) is 1. The molecule has 0 radical (unpaired) electrons. The van der Waals surface area contributed by atoms with Crippen LogP contribution in [-0.2, 0) is 0 Å². The van der Waals surface area contributed by atoms with Crippen molar-refractivity contribution in [3.8, 4) is 0 Å². The third kappa shape index (κ3) is 8.53. The Balaban J connectivity index is 1.72. The van der Waals surface area contributed by atoms with Crippen molar-refractivity contribution in [2.24, 2.45) is 23.7 Å². The third-order valence-electron chi connectivity index (χ3n) is 6.78. The monoisotopic (exact) mass is 406 g/mol. The van der Waals surface area contributed by atoms with Crippen molar-refractivity contribution in [1.82, 2.24) is 10.2 Å². The summed E-state index contributed by atoms with van der Waals surface area (Å²) in [5.41, 5.74) is 1.55. The van der Waals surface area contributed by atoms with E-state index < -0.39 is 0 Å². The first-order valence-corrected chi connectivity index (χ1v) is 12.0. The molecule has 0 heterocycles. The molecule has 2 aliphatic rings. The largest absolute Gasteiger partial charge is 0.392 e. The van der Waals surface area contributed by atoms with Gasteiger partial charge in [0.15, 0.2) is 0 Å². The fraction of sp³-hybridized carbons (Fsp3) is 0.840. The molecule has 2 rings (SSSR count). The number of allylic oxidation sites excluding steroid dienone is 1. The number of rotatable bonds is 14. The second-order valence-electron chi connectivity index (χ2n) is 9.83. The zero-order chi connectivity index (χ0) is 21.2. The van der Waals surface area contributed by atoms with Crippen LogP contribution in [-0.4, -0.2) is 61.1 Å². The Morgan fingerprint density at radius 2 is 2.07 bits per heavy atom. The fourth-order valence-corrected chi connectivity index (χ4v) is 5.10. The molecule has 0 aromatic heterocycles. The molecule has 0 amide bonds. The van der Waals surface area contributed by atoms with Crippen LogP contribution < -0.4 is 5.32 Å². The second kappa shape index (κ2) is 12.9. The van der Waals surface area contributed by atoms with Crippen molar-refractivity contribution in [3.05, 3.63) is 23.8 Å². The van der Waals surface area contributed by atoms with Gasteiger partial charge in [-0.15, -0.1) is 0 Å². The van der Waals surface area contributed by atoms with Crippen LogP contribution in [0.4, 0.5) is 0 Å². The van der Waals surface area contributed by atoms with Crippen LogP contribution in [0.3, 0.4) is 0 Å². The zero-order valence-electron chi connectivity index (χ0n) is 19.3. The van der Waals surface area contributed by atoms with Crippen LogP contribution in [0.15, 0.2) is 23.8 Å². The molecular formula is C25H46N2O2. The van der Waals surface area contributed by atoms with E-state index in [0.717, 1.165) is 45.3 Å². The fourth-order valence-electron chi connectivity index (χ4n) is 5.10. The molecule has 0 saturated heterocycles. The number of hydrogen-bond donors (Lipinski definition) is 3. The molecule has 2 aliphatic carbocycles. The molecule has 0 bridgehead atoms. The summed E-state index contributed by atoms with van der Waals surface area (Å²) in [5.74, 6) is 1.79. The summed E-state index contributed by atoms with van der Waals surface area (Å²) in [7, 11) is 4.24. The van der Waals surface area contributed by atoms with E-state index in [1.807, 2.05) is 6.08 Å². The molecule has 4 nitrogen and oxygen atoms in total. The molecule has 0 unspecified atom stereocenters. The van der Waals surface area contributed by atoms with Gasteiger partial charge in [0.25, 0.3) is 0 Å². The van der Waals surface area contributed by atoms with E-state index in [9.17, 15) is 10.2 Å². The average Bonchev–Trinajstić information content (AvgIpc) is 3.17. The van der Waals surface area contributed by atoms with Gasteiger partial charge >= 0.3 is 0 Å². The SMILES string of the molecule is CCCC[C@H](C)C[C@H](O)C=C[C@@H]1[C@H]2CC(CCNCCCN(C)C)=C[C@H]2C[C@H]1O. The number of aliphatic hydroxyl groups excluding tert-OH is 2. The molecule has 0 aromatic carbocycles. The van der Waals surface area contributed by atoms with Crippen LogP contribution in [0.5, 0.6) is 0 Å². The first-order chi connectivity index (χ1) is 13.9. The highest BCUT2D eigenvalue weighted by atomic mass is 16.3. The lowest BCUT2D eigenvalue weighted by Gasteiger charge is -2.19. The average molecular weight is 407 g/mol. The van der Waals surface area contributed by atoms with Crippen molar-refractivity contribution in [2.75, 3.05) is 33.7 Å². The smallest absolute Gasteiger partial charge is 0.0723 e. The van der Waals surface area contributed by atoms with Crippen LogP contribution in [0.2, 0.25) is 0 Å². The van der Waals surface area contributed by atoms with E-state index in [1.54, 1.807) is 5.57 Å².